The molecular weight excluding hydrogens is 228 g/mol. The average Bonchev–Trinajstić information content (AvgIpc) is 2.65. The minimum absolute atomic E-state index is 0.103. The van der Waals surface area contributed by atoms with E-state index in [9.17, 15) is 13.6 Å². The van der Waals surface area contributed by atoms with Crippen molar-refractivity contribution in [2.24, 2.45) is 0 Å². The molecule has 2 aromatic rings. The second-order valence-corrected chi connectivity index (χ2v) is 3.80. The van der Waals surface area contributed by atoms with Crippen LogP contribution < -0.4 is 5.32 Å². The van der Waals surface area contributed by atoms with Crippen molar-refractivity contribution < 1.29 is 18.0 Å². The van der Waals surface area contributed by atoms with Crippen LogP contribution in [0.2, 0.25) is 0 Å². The molecule has 17 heavy (non-hydrogen) atoms. The van der Waals surface area contributed by atoms with E-state index in [0.29, 0.717) is 5.39 Å². The molecule has 3 nitrogen and oxygen atoms in total. The van der Waals surface area contributed by atoms with Crippen LogP contribution in [0.5, 0.6) is 0 Å². The van der Waals surface area contributed by atoms with Crippen LogP contribution in [0.1, 0.15) is 17.3 Å². The molecule has 1 N–H and O–H groups in total. The van der Waals surface area contributed by atoms with Crippen molar-refractivity contribution in [1.29, 1.82) is 0 Å². The number of carbonyl (C=O) groups is 1. The molecule has 0 saturated heterocycles. The fourth-order valence-electron chi connectivity index (χ4n) is 1.58. The van der Waals surface area contributed by atoms with Gasteiger partial charge in [0.05, 0.1) is 11.6 Å². The number of carbonyl (C=O) groups excluding carboxylic acids is 1. The normalized spacial score (nSPS) is 12.9. The third kappa shape index (κ3) is 2.06. The van der Waals surface area contributed by atoms with Gasteiger partial charge in [-0.1, -0.05) is 0 Å². The number of fused-ring (bicyclic) bond motifs is 1. The molecule has 1 atom stereocenters. The Hall–Kier alpha value is -1.75. The zero-order valence-corrected chi connectivity index (χ0v) is 9.38. The number of benzene rings is 1. The fourth-order valence-corrected chi connectivity index (χ4v) is 1.58. The second kappa shape index (κ2) is 4.25. The fraction of sp³-hybridized carbons (Fsp3) is 0.250. The maximum Gasteiger partial charge on any atom is 0.278 e. The Morgan fingerprint density at radius 3 is 2.71 bits per heavy atom. The highest BCUT2D eigenvalue weighted by Crippen LogP contribution is 2.23. The minimum atomic E-state index is -0.800. The number of ketones is 1. The van der Waals surface area contributed by atoms with Gasteiger partial charge in [-0.15, -0.1) is 0 Å². The zero-order valence-electron chi connectivity index (χ0n) is 9.38. The van der Waals surface area contributed by atoms with E-state index < -0.39 is 23.7 Å². The van der Waals surface area contributed by atoms with E-state index in [4.69, 9.17) is 4.42 Å². The first-order valence-electron chi connectivity index (χ1n) is 5.13. The van der Waals surface area contributed by atoms with E-state index in [1.807, 2.05) is 0 Å². The van der Waals surface area contributed by atoms with Crippen molar-refractivity contribution in [3.8, 4) is 0 Å². The molecule has 0 radical (unpaired) electrons. The lowest BCUT2D eigenvalue weighted by Crippen LogP contribution is -2.31. The lowest BCUT2D eigenvalue weighted by Gasteiger charge is -2.09. The van der Waals surface area contributed by atoms with Crippen molar-refractivity contribution in [3.63, 3.8) is 0 Å². The first-order chi connectivity index (χ1) is 8.02. The van der Waals surface area contributed by atoms with E-state index in [2.05, 4.69) is 5.32 Å². The standard InChI is InChI=1S/C12H11F2NO2/c1-6(15-2)12(16)8-5-10-7(3-9(8)13)4-11(14)17-10/h3-6,15H,1-2H3. The highest BCUT2D eigenvalue weighted by atomic mass is 19.1. The lowest BCUT2D eigenvalue weighted by atomic mass is 10.0. The van der Waals surface area contributed by atoms with Crippen molar-refractivity contribution in [3.05, 3.63) is 35.6 Å². The minimum Gasteiger partial charge on any atom is -0.431 e. The number of hydrogen-bond donors (Lipinski definition) is 1. The monoisotopic (exact) mass is 239 g/mol. The number of Topliss-reactive ketones (excluding diaryl/α,β-unsaturated/α-hetero) is 1. The van der Waals surface area contributed by atoms with Crippen LogP contribution >= 0.6 is 0 Å². The Bertz CT molecular complexity index is 577. The van der Waals surface area contributed by atoms with Crippen LogP contribution in [-0.4, -0.2) is 18.9 Å². The third-order valence-corrected chi connectivity index (χ3v) is 2.67. The Morgan fingerprint density at radius 2 is 2.06 bits per heavy atom. The van der Waals surface area contributed by atoms with Gasteiger partial charge in [-0.2, -0.15) is 4.39 Å². The van der Waals surface area contributed by atoms with Gasteiger partial charge in [0.2, 0.25) is 0 Å². The average molecular weight is 239 g/mol. The van der Waals surface area contributed by atoms with Crippen LogP contribution in [-0.2, 0) is 0 Å². The summed E-state index contributed by atoms with van der Waals surface area (Å²) in [4.78, 5) is 11.8. The van der Waals surface area contributed by atoms with E-state index in [-0.39, 0.29) is 11.1 Å². The van der Waals surface area contributed by atoms with Crippen LogP contribution in [0.25, 0.3) is 11.0 Å². The summed E-state index contributed by atoms with van der Waals surface area (Å²) in [5, 5.41) is 3.02. The Kier molecular flexibility index (Phi) is 2.93. The van der Waals surface area contributed by atoms with E-state index in [0.717, 1.165) is 12.1 Å². The smallest absolute Gasteiger partial charge is 0.278 e. The summed E-state index contributed by atoms with van der Waals surface area (Å²) >= 11 is 0. The summed E-state index contributed by atoms with van der Waals surface area (Å²) in [6.07, 6.45) is 0. The topological polar surface area (TPSA) is 42.2 Å². The van der Waals surface area contributed by atoms with Gasteiger partial charge in [-0.05, 0) is 26.1 Å². The molecule has 0 spiro atoms. The van der Waals surface area contributed by atoms with Gasteiger partial charge in [0, 0.05) is 11.5 Å². The van der Waals surface area contributed by atoms with Crippen LogP contribution in [0.15, 0.2) is 22.6 Å². The van der Waals surface area contributed by atoms with Gasteiger partial charge in [-0.25, -0.2) is 4.39 Å². The molecular formula is C12H11F2NO2. The Morgan fingerprint density at radius 1 is 1.35 bits per heavy atom. The number of halogens is 2. The summed E-state index contributed by atoms with van der Waals surface area (Å²) in [7, 11) is 1.60. The summed E-state index contributed by atoms with van der Waals surface area (Å²) in [6, 6.07) is 2.09. The summed E-state index contributed by atoms with van der Waals surface area (Å²) in [5.74, 6) is -1.07. The predicted molar refractivity (Wildman–Crippen MR) is 59.0 cm³/mol. The molecule has 0 fully saturated rings. The molecule has 1 unspecified atom stereocenters. The summed E-state index contributed by atoms with van der Waals surface area (Å²) in [6.45, 7) is 1.62. The summed E-state index contributed by atoms with van der Waals surface area (Å²) in [5.41, 5.74) is 0.0595. The number of nitrogens with one attached hydrogen (secondary N) is 1. The van der Waals surface area contributed by atoms with Crippen molar-refractivity contribution in [2.75, 3.05) is 7.05 Å². The number of rotatable bonds is 3. The van der Waals surface area contributed by atoms with Crippen LogP contribution in [0.4, 0.5) is 8.78 Å². The van der Waals surface area contributed by atoms with Crippen LogP contribution in [0.3, 0.4) is 0 Å². The van der Waals surface area contributed by atoms with Gasteiger partial charge in [0.1, 0.15) is 11.4 Å². The lowest BCUT2D eigenvalue weighted by molar-refractivity contribution is 0.0951. The molecule has 0 amide bonds. The highest BCUT2D eigenvalue weighted by molar-refractivity contribution is 6.02. The van der Waals surface area contributed by atoms with E-state index in [1.54, 1.807) is 14.0 Å². The van der Waals surface area contributed by atoms with E-state index in [1.165, 1.54) is 6.07 Å². The molecule has 0 aliphatic carbocycles. The number of hydrogen-bond acceptors (Lipinski definition) is 3. The summed E-state index contributed by atoms with van der Waals surface area (Å²) < 4.78 is 31.2. The van der Waals surface area contributed by atoms with Gasteiger partial charge in [-0.3, -0.25) is 4.79 Å². The molecule has 0 bridgehead atoms. The molecule has 90 valence electrons. The molecule has 1 aromatic heterocycles. The van der Waals surface area contributed by atoms with Gasteiger partial charge < -0.3 is 9.73 Å². The van der Waals surface area contributed by atoms with Gasteiger partial charge >= 0.3 is 0 Å². The number of likely N-dealkylation sites (N-methyl/N-ethyl adjacent to an activating group) is 1. The van der Waals surface area contributed by atoms with Crippen molar-refractivity contribution >= 4 is 16.8 Å². The van der Waals surface area contributed by atoms with Crippen molar-refractivity contribution in [1.82, 2.24) is 5.32 Å². The molecule has 5 heteroatoms. The molecule has 2 rings (SSSR count). The molecule has 0 aliphatic heterocycles. The van der Waals surface area contributed by atoms with E-state index >= 15 is 0 Å². The first kappa shape index (κ1) is 11.7. The Labute approximate surface area is 96.4 Å². The quantitative estimate of drug-likeness (QED) is 0.837. The molecule has 1 heterocycles. The van der Waals surface area contributed by atoms with Crippen molar-refractivity contribution in [2.45, 2.75) is 13.0 Å². The first-order valence-corrected chi connectivity index (χ1v) is 5.13. The van der Waals surface area contributed by atoms with Crippen LogP contribution in [0, 0.1) is 11.8 Å². The zero-order chi connectivity index (χ0) is 12.6. The molecule has 1 aromatic carbocycles. The maximum atomic E-state index is 13.7. The highest BCUT2D eigenvalue weighted by Gasteiger charge is 2.19. The largest absolute Gasteiger partial charge is 0.431 e. The SMILES string of the molecule is CNC(C)C(=O)c1cc2oc(F)cc2cc1F. The Balaban J connectivity index is 2.54. The molecule has 0 saturated carbocycles. The van der Waals surface area contributed by atoms with Gasteiger partial charge in [0.25, 0.3) is 6.01 Å². The predicted octanol–water partition coefficient (Wildman–Crippen LogP) is 2.50. The third-order valence-electron chi connectivity index (χ3n) is 2.67. The second-order valence-electron chi connectivity index (χ2n) is 3.80. The van der Waals surface area contributed by atoms with Gasteiger partial charge in [0.15, 0.2) is 5.78 Å². The molecule has 0 aliphatic rings. The number of furan rings is 1. The maximum absolute atomic E-state index is 13.7.